The Labute approximate surface area is 121 Å². The topological polar surface area (TPSA) is 66.3 Å². The van der Waals surface area contributed by atoms with Crippen LogP contribution >= 0.6 is 0 Å². The molecule has 0 saturated heterocycles. The minimum absolute atomic E-state index is 0.145. The van der Waals surface area contributed by atoms with Crippen molar-refractivity contribution in [2.75, 3.05) is 11.9 Å². The quantitative estimate of drug-likeness (QED) is 0.783. The van der Waals surface area contributed by atoms with Crippen LogP contribution in [0.1, 0.15) is 10.4 Å². The molecule has 0 aliphatic rings. The van der Waals surface area contributed by atoms with Gasteiger partial charge in [0.05, 0.1) is 11.0 Å². The fraction of sp³-hybridized carbons (Fsp3) is 0.0625. The summed E-state index contributed by atoms with van der Waals surface area (Å²) in [5, 5.41) is 9.29. The Morgan fingerprint density at radius 2 is 1.67 bits per heavy atom. The number of hydrogen-bond acceptors (Lipinski definition) is 4. The van der Waals surface area contributed by atoms with E-state index in [0.717, 1.165) is 5.52 Å². The number of phenols is 1. The van der Waals surface area contributed by atoms with Crippen LogP contribution in [0.4, 0.5) is 5.69 Å². The summed E-state index contributed by atoms with van der Waals surface area (Å²) in [7, 11) is 1.69. The van der Waals surface area contributed by atoms with E-state index < -0.39 is 0 Å². The van der Waals surface area contributed by atoms with Crippen LogP contribution in [-0.2, 0) is 0 Å². The van der Waals surface area contributed by atoms with E-state index in [1.807, 2.05) is 0 Å². The molecule has 1 heterocycles. The molecule has 3 aromatic rings. The Morgan fingerprint density at radius 3 is 2.38 bits per heavy atom. The van der Waals surface area contributed by atoms with Crippen molar-refractivity contribution >= 4 is 22.6 Å². The van der Waals surface area contributed by atoms with Crippen molar-refractivity contribution in [2.45, 2.75) is 0 Å². The average molecular weight is 279 g/mol. The van der Waals surface area contributed by atoms with Crippen LogP contribution in [-0.4, -0.2) is 28.0 Å². The zero-order chi connectivity index (χ0) is 14.8. The van der Waals surface area contributed by atoms with E-state index >= 15 is 0 Å². The SMILES string of the molecule is CN(C(=O)c1ccc2nccnc2c1)c1ccc(O)cc1. The predicted molar refractivity (Wildman–Crippen MR) is 80.4 cm³/mol. The van der Waals surface area contributed by atoms with Crippen molar-refractivity contribution in [3.63, 3.8) is 0 Å². The van der Waals surface area contributed by atoms with Gasteiger partial charge < -0.3 is 10.0 Å². The maximum absolute atomic E-state index is 12.5. The van der Waals surface area contributed by atoms with Crippen molar-refractivity contribution in [3.8, 4) is 5.75 Å². The molecule has 1 aromatic heterocycles. The Morgan fingerprint density at radius 1 is 1.00 bits per heavy atom. The smallest absolute Gasteiger partial charge is 0.258 e. The van der Waals surface area contributed by atoms with E-state index in [9.17, 15) is 9.90 Å². The highest BCUT2D eigenvalue weighted by Gasteiger charge is 2.14. The monoisotopic (exact) mass is 279 g/mol. The summed E-state index contributed by atoms with van der Waals surface area (Å²) >= 11 is 0. The van der Waals surface area contributed by atoms with E-state index in [-0.39, 0.29) is 11.7 Å². The van der Waals surface area contributed by atoms with Gasteiger partial charge in [0.2, 0.25) is 0 Å². The summed E-state index contributed by atoms with van der Waals surface area (Å²) in [6, 6.07) is 11.7. The van der Waals surface area contributed by atoms with Crippen molar-refractivity contribution in [1.82, 2.24) is 9.97 Å². The number of anilines is 1. The number of aromatic hydroxyl groups is 1. The minimum atomic E-state index is -0.145. The van der Waals surface area contributed by atoms with Crippen molar-refractivity contribution in [3.05, 3.63) is 60.4 Å². The highest BCUT2D eigenvalue weighted by molar-refractivity contribution is 6.07. The summed E-state index contributed by atoms with van der Waals surface area (Å²) in [5.74, 6) is 0.0221. The lowest BCUT2D eigenvalue weighted by Crippen LogP contribution is -2.26. The van der Waals surface area contributed by atoms with Crippen LogP contribution in [0.25, 0.3) is 11.0 Å². The summed E-state index contributed by atoms with van der Waals surface area (Å²) in [6.45, 7) is 0. The number of nitrogens with zero attached hydrogens (tertiary/aromatic N) is 3. The van der Waals surface area contributed by atoms with Gasteiger partial charge in [-0.1, -0.05) is 0 Å². The molecule has 0 aliphatic carbocycles. The average Bonchev–Trinajstić information content (AvgIpc) is 2.54. The molecule has 5 heteroatoms. The van der Waals surface area contributed by atoms with Gasteiger partial charge in [-0.3, -0.25) is 14.8 Å². The third-order valence-corrected chi connectivity index (χ3v) is 3.26. The third-order valence-electron chi connectivity index (χ3n) is 3.26. The minimum Gasteiger partial charge on any atom is -0.508 e. The first kappa shape index (κ1) is 13.1. The van der Waals surface area contributed by atoms with E-state index in [1.165, 1.54) is 4.90 Å². The number of amides is 1. The highest BCUT2D eigenvalue weighted by atomic mass is 16.3. The number of phenolic OH excluding ortho intramolecular Hbond substituents is 1. The van der Waals surface area contributed by atoms with Crippen molar-refractivity contribution in [1.29, 1.82) is 0 Å². The Hall–Kier alpha value is -2.95. The number of fused-ring (bicyclic) bond motifs is 1. The van der Waals surface area contributed by atoms with Gasteiger partial charge >= 0.3 is 0 Å². The van der Waals surface area contributed by atoms with E-state index in [2.05, 4.69) is 9.97 Å². The van der Waals surface area contributed by atoms with Gasteiger partial charge in [0, 0.05) is 30.7 Å². The second-order valence-corrected chi connectivity index (χ2v) is 4.64. The molecule has 0 atom stereocenters. The Bertz CT molecular complexity index is 800. The van der Waals surface area contributed by atoms with Crippen LogP contribution in [0.3, 0.4) is 0 Å². The van der Waals surface area contributed by atoms with Gasteiger partial charge in [-0.25, -0.2) is 0 Å². The number of rotatable bonds is 2. The first-order valence-corrected chi connectivity index (χ1v) is 6.43. The van der Waals surface area contributed by atoms with Gasteiger partial charge in [-0.2, -0.15) is 0 Å². The van der Waals surface area contributed by atoms with Gasteiger partial charge in [0.25, 0.3) is 5.91 Å². The van der Waals surface area contributed by atoms with Crippen LogP contribution < -0.4 is 4.90 Å². The summed E-state index contributed by atoms with van der Waals surface area (Å²) in [6.07, 6.45) is 3.21. The molecular weight excluding hydrogens is 266 g/mol. The fourth-order valence-electron chi connectivity index (χ4n) is 2.08. The zero-order valence-corrected chi connectivity index (χ0v) is 11.4. The number of benzene rings is 2. The zero-order valence-electron chi connectivity index (χ0n) is 11.4. The fourth-order valence-corrected chi connectivity index (χ4v) is 2.08. The molecule has 0 saturated carbocycles. The van der Waals surface area contributed by atoms with Gasteiger partial charge in [0.15, 0.2) is 0 Å². The van der Waals surface area contributed by atoms with Crippen molar-refractivity contribution in [2.24, 2.45) is 0 Å². The van der Waals surface area contributed by atoms with E-state index in [0.29, 0.717) is 16.8 Å². The largest absolute Gasteiger partial charge is 0.508 e. The van der Waals surface area contributed by atoms with Crippen LogP contribution in [0.2, 0.25) is 0 Å². The van der Waals surface area contributed by atoms with Crippen LogP contribution in [0.15, 0.2) is 54.9 Å². The molecule has 0 bridgehead atoms. The maximum Gasteiger partial charge on any atom is 0.258 e. The molecule has 104 valence electrons. The van der Waals surface area contributed by atoms with Crippen LogP contribution in [0.5, 0.6) is 5.75 Å². The van der Waals surface area contributed by atoms with Crippen molar-refractivity contribution < 1.29 is 9.90 Å². The lowest BCUT2D eigenvalue weighted by atomic mass is 10.1. The van der Waals surface area contributed by atoms with Gasteiger partial charge in [-0.15, -0.1) is 0 Å². The molecule has 0 unspecified atom stereocenters. The molecule has 1 N–H and O–H groups in total. The van der Waals surface area contributed by atoms with E-state index in [4.69, 9.17) is 0 Å². The second-order valence-electron chi connectivity index (χ2n) is 4.64. The molecule has 5 nitrogen and oxygen atoms in total. The number of carbonyl (C=O) groups excluding carboxylic acids is 1. The Kier molecular flexibility index (Phi) is 3.23. The third kappa shape index (κ3) is 2.53. The molecule has 21 heavy (non-hydrogen) atoms. The van der Waals surface area contributed by atoms with Gasteiger partial charge in [0.1, 0.15) is 5.75 Å². The first-order chi connectivity index (χ1) is 10.1. The lowest BCUT2D eigenvalue weighted by molar-refractivity contribution is 0.0993. The van der Waals surface area contributed by atoms with Gasteiger partial charge in [-0.05, 0) is 42.5 Å². The van der Waals surface area contributed by atoms with Crippen LogP contribution in [0, 0.1) is 0 Å². The molecule has 0 aliphatic heterocycles. The summed E-state index contributed by atoms with van der Waals surface area (Å²) in [4.78, 5) is 22.4. The predicted octanol–water partition coefficient (Wildman–Crippen LogP) is 2.61. The maximum atomic E-state index is 12.5. The molecule has 3 rings (SSSR count). The number of carbonyl (C=O) groups is 1. The second kappa shape index (κ2) is 5.20. The highest BCUT2D eigenvalue weighted by Crippen LogP contribution is 2.20. The standard InChI is InChI=1S/C16H13N3O2/c1-19(12-3-5-13(20)6-4-12)16(21)11-2-7-14-15(10-11)18-9-8-17-14/h2-10,20H,1H3. The molecule has 0 fully saturated rings. The number of aromatic nitrogens is 2. The molecule has 0 radical (unpaired) electrons. The molecular formula is C16H13N3O2. The number of hydrogen-bond donors (Lipinski definition) is 1. The molecule has 2 aromatic carbocycles. The normalized spacial score (nSPS) is 10.5. The summed E-state index contributed by atoms with van der Waals surface area (Å²) < 4.78 is 0. The molecule has 1 amide bonds. The van der Waals surface area contributed by atoms with E-state index in [1.54, 1.807) is 61.9 Å². The molecule has 0 spiro atoms. The summed E-state index contributed by atoms with van der Waals surface area (Å²) in [5.41, 5.74) is 2.68. The first-order valence-electron chi connectivity index (χ1n) is 6.43. The Balaban J connectivity index is 1.94. The lowest BCUT2D eigenvalue weighted by Gasteiger charge is -2.17.